The maximum absolute atomic E-state index is 12.3. The van der Waals surface area contributed by atoms with Crippen molar-refractivity contribution in [1.82, 2.24) is 0 Å². The highest BCUT2D eigenvalue weighted by atomic mass is 79.9. The molecule has 2 aromatic carbocycles. The molecule has 1 heterocycles. The van der Waals surface area contributed by atoms with Gasteiger partial charge in [0.1, 0.15) is 5.75 Å². The highest BCUT2D eigenvalue weighted by Gasteiger charge is 2.24. The summed E-state index contributed by atoms with van der Waals surface area (Å²) in [5, 5.41) is 2.84. The van der Waals surface area contributed by atoms with Crippen LogP contribution in [0.1, 0.15) is 17.3 Å². The Morgan fingerprint density at radius 2 is 2.13 bits per heavy atom. The van der Waals surface area contributed by atoms with Crippen LogP contribution in [0.25, 0.3) is 0 Å². The Hall–Kier alpha value is -2.34. The van der Waals surface area contributed by atoms with Crippen molar-refractivity contribution in [2.24, 2.45) is 0 Å². The molecule has 1 aliphatic rings. The van der Waals surface area contributed by atoms with E-state index in [2.05, 4.69) is 21.2 Å². The lowest BCUT2D eigenvalue weighted by molar-refractivity contribution is -0.121. The van der Waals surface area contributed by atoms with Crippen LogP contribution >= 0.6 is 15.9 Å². The van der Waals surface area contributed by atoms with Gasteiger partial charge in [0.05, 0.1) is 5.69 Å². The van der Waals surface area contributed by atoms with Gasteiger partial charge in [-0.25, -0.2) is 0 Å². The summed E-state index contributed by atoms with van der Waals surface area (Å²) in [6, 6.07) is 12.4. The number of nitrogens with one attached hydrogen (secondary N) is 1. The zero-order valence-corrected chi connectivity index (χ0v) is 14.1. The summed E-state index contributed by atoms with van der Waals surface area (Å²) in [7, 11) is 0. The van der Waals surface area contributed by atoms with Crippen molar-refractivity contribution < 1.29 is 14.3 Å². The van der Waals surface area contributed by atoms with Crippen LogP contribution in [0.2, 0.25) is 0 Å². The number of carbonyl (C=O) groups excluding carboxylic acids is 2. The van der Waals surface area contributed by atoms with Gasteiger partial charge in [0.2, 0.25) is 0 Å². The Morgan fingerprint density at radius 1 is 1.30 bits per heavy atom. The number of rotatable bonds is 3. The van der Waals surface area contributed by atoms with Crippen molar-refractivity contribution in [1.29, 1.82) is 0 Å². The Morgan fingerprint density at radius 3 is 2.87 bits per heavy atom. The fourth-order valence-electron chi connectivity index (χ4n) is 2.46. The Balaban J connectivity index is 1.86. The van der Waals surface area contributed by atoms with Gasteiger partial charge in [-0.3, -0.25) is 9.59 Å². The van der Waals surface area contributed by atoms with Gasteiger partial charge in [0.25, 0.3) is 11.8 Å². The number of anilines is 2. The second-order valence-electron chi connectivity index (χ2n) is 5.07. The number of benzene rings is 2. The standard InChI is InChI=1S/C17H15BrN2O3/c1-2-20-14-9-13(6-7-15(14)23-10-16(20)21)19-17(22)11-4-3-5-12(18)8-11/h3-9H,2,10H2,1H3,(H,19,22). The van der Waals surface area contributed by atoms with E-state index in [-0.39, 0.29) is 18.4 Å². The Bertz CT molecular complexity index is 776. The molecule has 0 bridgehead atoms. The molecular weight excluding hydrogens is 360 g/mol. The van der Waals surface area contributed by atoms with Crippen LogP contribution in [0.5, 0.6) is 5.75 Å². The number of carbonyl (C=O) groups is 2. The number of ether oxygens (including phenoxy) is 1. The number of hydrogen-bond acceptors (Lipinski definition) is 3. The third-order valence-electron chi connectivity index (χ3n) is 3.56. The second kappa shape index (κ2) is 6.42. The summed E-state index contributed by atoms with van der Waals surface area (Å²) in [5.74, 6) is 0.347. The van der Waals surface area contributed by atoms with Crippen LogP contribution in [-0.2, 0) is 4.79 Å². The van der Waals surface area contributed by atoms with Gasteiger partial charge >= 0.3 is 0 Å². The zero-order chi connectivity index (χ0) is 16.4. The lowest BCUT2D eigenvalue weighted by atomic mass is 10.2. The molecule has 3 rings (SSSR count). The predicted octanol–water partition coefficient (Wildman–Crippen LogP) is 3.45. The highest BCUT2D eigenvalue weighted by molar-refractivity contribution is 9.10. The molecule has 1 aliphatic heterocycles. The number of fused-ring (bicyclic) bond motifs is 1. The minimum Gasteiger partial charge on any atom is -0.482 e. The molecule has 0 aliphatic carbocycles. The molecular formula is C17H15BrN2O3. The van der Waals surface area contributed by atoms with Crippen molar-refractivity contribution in [2.45, 2.75) is 6.92 Å². The van der Waals surface area contributed by atoms with Crippen LogP contribution in [-0.4, -0.2) is 25.0 Å². The maximum atomic E-state index is 12.3. The molecule has 23 heavy (non-hydrogen) atoms. The third-order valence-corrected chi connectivity index (χ3v) is 4.06. The normalized spacial score (nSPS) is 13.3. The third kappa shape index (κ3) is 3.22. The van der Waals surface area contributed by atoms with Crippen LogP contribution in [0.4, 0.5) is 11.4 Å². The van der Waals surface area contributed by atoms with Crippen molar-refractivity contribution in [3.05, 3.63) is 52.5 Å². The minimum absolute atomic E-state index is 0.0462. The number of nitrogens with zero attached hydrogens (tertiary/aromatic N) is 1. The summed E-state index contributed by atoms with van der Waals surface area (Å²) >= 11 is 3.35. The van der Waals surface area contributed by atoms with Crippen molar-refractivity contribution in [2.75, 3.05) is 23.4 Å². The van der Waals surface area contributed by atoms with Gasteiger partial charge in [-0.2, -0.15) is 0 Å². The first kappa shape index (κ1) is 15.6. The topological polar surface area (TPSA) is 58.6 Å². The largest absolute Gasteiger partial charge is 0.482 e. The van der Waals surface area contributed by atoms with Gasteiger partial charge < -0.3 is 15.0 Å². The quantitative estimate of drug-likeness (QED) is 0.894. The van der Waals surface area contributed by atoms with E-state index in [0.29, 0.717) is 29.2 Å². The molecule has 2 amide bonds. The average molecular weight is 375 g/mol. The summed E-state index contributed by atoms with van der Waals surface area (Å²) < 4.78 is 6.26. The van der Waals surface area contributed by atoms with Crippen molar-refractivity contribution >= 4 is 39.1 Å². The molecule has 2 aromatic rings. The van der Waals surface area contributed by atoms with Gasteiger partial charge in [0.15, 0.2) is 6.61 Å². The number of likely N-dealkylation sites (N-methyl/N-ethyl adjacent to an activating group) is 1. The molecule has 0 saturated heterocycles. The SMILES string of the molecule is CCN1C(=O)COc2ccc(NC(=O)c3cccc(Br)c3)cc21. The van der Waals surface area contributed by atoms with E-state index < -0.39 is 0 Å². The molecule has 0 saturated carbocycles. The average Bonchev–Trinajstić information content (AvgIpc) is 2.54. The fourth-order valence-corrected chi connectivity index (χ4v) is 2.86. The molecule has 0 fully saturated rings. The first-order chi connectivity index (χ1) is 11.1. The molecule has 0 atom stereocenters. The summed E-state index contributed by atoms with van der Waals surface area (Å²) in [6.45, 7) is 2.50. The molecule has 5 nitrogen and oxygen atoms in total. The van der Waals surface area contributed by atoms with Gasteiger partial charge in [-0.1, -0.05) is 22.0 Å². The number of amides is 2. The highest BCUT2D eigenvalue weighted by Crippen LogP contribution is 2.34. The molecule has 0 unspecified atom stereocenters. The van der Waals surface area contributed by atoms with E-state index in [1.54, 1.807) is 41.3 Å². The predicted molar refractivity (Wildman–Crippen MR) is 92.1 cm³/mol. The van der Waals surface area contributed by atoms with Crippen LogP contribution in [0.15, 0.2) is 46.9 Å². The maximum Gasteiger partial charge on any atom is 0.265 e. The molecule has 118 valence electrons. The zero-order valence-electron chi connectivity index (χ0n) is 12.5. The van der Waals surface area contributed by atoms with Gasteiger partial charge in [-0.15, -0.1) is 0 Å². The van der Waals surface area contributed by atoms with Gasteiger partial charge in [-0.05, 0) is 43.3 Å². The minimum atomic E-state index is -0.211. The van der Waals surface area contributed by atoms with Crippen LogP contribution in [0, 0.1) is 0 Å². The van der Waals surface area contributed by atoms with Crippen LogP contribution < -0.4 is 15.0 Å². The van der Waals surface area contributed by atoms with E-state index in [1.165, 1.54) is 0 Å². The van der Waals surface area contributed by atoms with Crippen molar-refractivity contribution in [3.8, 4) is 5.75 Å². The molecule has 6 heteroatoms. The fraction of sp³-hybridized carbons (Fsp3) is 0.176. The Labute approximate surface area is 142 Å². The molecule has 1 N–H and O–H groups in total. The monoisotopic (exact) mass is 374 g/mol. The number of halogens is 1. The molecule has 0 spiro atoms. The van der Waals surface area contributed by atoms with Gasteiger partial charge in [0, 0.05) is 22.3 Å². The smallest absolute Gasteiger partial charge is 0.265 e. The summed E-state index contributed by atoms with van der Waals surface area (Å²) in [4.78, 5) is 25.8. The number of hydrogen-bond donors (Lipinski definition) is 1. The first-order valence-electron chi connectivity index (χ1n) is 7.22. The molecule has 0 radical (unpaired) electrons. The lowest BCUT2D eigenvalue weighted by Crippen LogP contribution is -2.38. The lowest BCUT2D eigenvalue weighted by Gasteiger charge is -2.28. The van der Waals surface area contributed by atoms with E-state index in [4.69, 9.17) is 4.74 Å². The van der Waals surface area contributed by atoms with E-state index >= 15 is 0 Å². The second-order valence-corrected chi connectivity index (χ2v) is 5.99. The van der Waals surface area contributed by atoms with E-state index in [1.807, 2.05) is 13.0 Å². The Kier molecular flexibility index (Phi) is 4.34. The first-order valence-corrected chi connectivity index (χ1v) is 8.02. The van der Waals surface area contributed by atoms with E-state index in [9.17, 15) is 9.59 Å². The molecule has 0 aromatic heterocycles. The van der Waals surface area contributed by atoms with E-state index in [0.717, 1.165) is 4.47 Å². The van der Waals surface area contributed by atoms with Crippen LogP contribution in [0.3, 0.4) is 0 Å². The summed E-state index contributed by atoms with van der Waals surface area (Å²) in [6.07, 6.45) is 0. The van der Waals surface area contributed by atoms with Crippen molar-refractivity contribution in [3.63, 3.8) is 0 Å². The summed E-state index contributed by atoms with van der Waals surface area (Å²) in [5.41, 5.74) is 1.85.